The van der Waals surface area contributed by atoms with Crippen LogP contribution in [0.1, 0.15) is 5.56 Å². The molecule has 0 aliphatic heterocycles. The van der Waals surface area contributed by atoms with Gasteiger partial charge in [0.15, 0.2) is 4.71 Å². The van der Waals surface area contributed by atoms with Crippen LogP contribution in [0.3, 0.4) is 0 Å². The van der Waals surface area contributed by atoms with Crippen LogP contribution in [0.15, 0.2) is 29.2 Å². The van der Waals surface area contributed by atoms with E-state index in [9.17, 15) is 4.79 Å². The maximum atomic E-state index is 10.4. The Labute approximate surface area is 85.9 Å². The monoisotopic (exact) mass is 216 g/mol. The summed E-state index contributed by atoms with van der Waals surface area (Å²) in [4.78, 5) is 11.3. The molecule has 1 rings (SSSR count). The molecule has 0 spiro atoms. The van der Waals surface area contributed by atoms with Crippen LogP contribution < -0.4 is 0 Å². The van der Waals surface area contributed by atoms with E-state index in [0.717, 1.165) is 22.2 Å². The van der Waals surface area contributed by atoms with Crippen LogP contribution in [0.4, 0.5) is 0 Å². The molecule has 2 nitrogen and oxygen atoms in total. The number of hydrogen-bond donors (Lipinski definition) is 1. The summed E-state index contributed by atoms with van der Waals surface area (Å²) in [5.41, 5.74) is 1.14. The summed E-state index contributed by atoms with van der Waals surface area (Å²) in [5, 5.41) is 8.55. The molecule has 0 bridgehead atoms. The quantitative estimate of drug-likeness (QED) is 0.624. The number of rotatable bonds is 3. The SMILES string of the molecule is Cc1ccc(SC(Cl)C(=O)O)cc1. The molecule has 0 fully saturated rings. The minimum absolute atomic E-state index is 0.869. The summed E-state index contributed by atoms with van der Waals surface area (Å²) in [6.07, 6.45) is 0. The van der Waals surface area contributed by atoms with Gasteiger partial charge in [0, 0.05) is 4.90 Å². The second-order valence-electron chi connectivity index (χ2n) is 2.59. The zero-order valence-corrected chi connectivity index (χ0v) is 8.60. The molecule has 0 aromatic heterocycles. The number of carboxylic acids is 1. The molecule has 0 heterocycles. The van der Waals surface area contributed by atoms with E-state index in [4.69, 9.17) is 16.7 Å². The van der Waals surface area contributed by atoms with Gasteiger partial charge in [0.05, 0.1) is 0 Å². The molecule has 0 saturated heterocycles. The van der Waals surface area contributed by atoms with Gasteiger partial charge >= 0.3 is 5.97 Å². The summed E-state index contributed by atoms with van der Waals surface area (Å²) < 4.78 is -0.914. The van der Waals surface area contributed by atoms with E-state index >= 15 is 0 Å². The van der Waals surface area contributed by atoms with Crippen molar-refractivity contribution in [3.63, 3.8) is 0 Å². The Hall–Kier alpha value is -0.670. The van der Waals surface area contributed by atoms with E-state index in [-0.39, 0.29) is 0 Å². The van der Waals surface area contributed by atoms with Crippen LogP contribution in [0.25, 0.3) is 0 Å². The van der Waals surface area contributed by atoms with Crippen molar-refractivity contribution in [1.29, 1.82) is 0 Å². The van der Waals surface area contributed by atoms with E-state index < -0.39 is 10.7 Å². The average molecular weight is 217 g/mol. The highest BCUT2D eigenvalue weighted by Crippen LogP contribution is 2.25. The first-order chi connectivity index (χ1) is 6.09. The van der Waals surface area contributed by atoms with Crippen molar-refractivity contribution in [3.8, 4) is 0 Å². The Balaban J connectivity index is 2.64. The molecular formula is C9H9ClO2S. The normalized spacial score (nSPS) is 12.5. The summed E-state index contributed by atoms with van der Waals surface area (Å²) in [7, 11) is 0. The Morgan fingerprint density at radius 1 is 1.46 bits per heavy atom. The fourth-order valence-corrected chi connectivity index (χ4v) is 1.73. The number of carboxylic acid groups (broad SMARTS) is 1. The van der Waals surface area contributed by atoms with E-state index in [0.29, 0.717) is 0 Å². The molecule has 1 N–H and O–H groups in total. The molecule has 0 aliphatic rings. The number of thioether (sulfide) groups is 1. The van der Waals surface area contributed by atoms with Crippen LogP contribution in [-0.4, -0.2) is 15.8 Å². The number of hydrogen-bond acceptors (Lipinski definition) is 2. The number of aliphatic carboxylic acids is 1. The number of aryl methyl sites for hydroxylation is 1. The van der Waals surface area contributed by atoms with Gasteiger partial charge in [-0.2, -0.15) is 0 Å². The third-order valence-electron chi connectivity index (χ3n) is 1.45. The molecule has 0 amide bonds. The minimum Gasteiger partial charge on any atom is -0.480 e. The van der Waals surface area contributed by atoms with Crippen molar-refractivity contribution in [2.24, 2.45) is 0 Å². The Bertz CT molecular complexity index is 297. The van der Waals surface area contributed by atoms with Gasteiger partial charge in [-0.3, -0.25) is 0 Å². The zero-order valence-electron chi connectivity index (χ0n) is 7.03. The third-order valence-corrected chi connectivity index (χ3v) is 2.86. The van der Waals surface area contributed by atoms with Gasteiger partial charge in [0.2, 0.25) is 0 Å². The average Bonchev–Trinajstić information content (AvgIpc) is 2.08. The maximum absolute atomic E-state index is 10.4. The molecular weight excluding hydrogens is 208 g/mol. The molecule has 0 radical (unpaired) electrons. The second-order valence-corrected chi connectivity index (χ2v) is 4.46. The van der Waals surface area contributed by atoms with Crippen LogP contribution >= 0.6 is 23.4 Å². The summed E-state index contributed by atoms with van der Waals surface area (Å²) >= 11 is 6.68. The van der Waals surface area contributed by atoms with E-state index in [1.165, 1.54) is 0 Å². The molecule has 1 aromatic rings. The van der Waals surface area contributed by atoms with Gasteiger partial charge in [-0.15, -0.1) is 0 Å². The third kappa shape index (κ3) is 3.28. The molecule has 1 aromatic carbocycles. The first-order valence-corrected chi connectivity index (χ1v) is 5.01. The van der Waals surface area contributed by atoms with Crippen molar-refractivity contribution in [1.82, 2.24) is 0 Å². The largest absolute Gasteiger partial charge is 0.480 e. The highest BCUT2D eigenvalue weighted by atomic mass is 35.5. The number of carbonyl (C=O) groups is 1. The standard InChI is InChI=1S/C9H9ClO2S/c1-6-2-4-7(5-3-6)13-8(10)9(11)12/h2-5,8H,1H3,(H,11,12). The smallest absolute Gasteiger partial charge is 0.332 e. The Morgan fingerprint density at radius 3 is 2.46 bits per heavy atom. The topological polar surface area (TPSA) is 37.3 Å². The van der Waals surface area contributed by atoms with Crippen LogP contribution in [0.2, 0.25) is 0 Å². The van der Waals surface area contributed by atoms with Gasteiger partial charge < -0.3 is 5.11 Å². The van der Waals surface area contributed by atoms with Gasteiger partial charge in [-0.1, -0.05) is 41.1 Å². The van der Waals surface area contributed by atoms with Crippen molar-refractivity contribution in [2.75, 3.05) is 0 Å². The van der Waals surface area contributed by atoms with E-state index in [1.807, 2.05) is 31.2 Å². The molecule has 0 saturated carbocycles. The lowest BCUT2D eigenvalue weighted by Crippen LogP contribution is -2.07. The lowest BCUT2D eigenvalue weighted by molar-refractivity contribution is -0.134. The summed E-state index contributed by atoms with van der Waals surface area (Å²) in [6, 6.07) is 7.57. The molecule has 1 atom stereocenters. The molecule has 70 valence electrons. The molecule has 0 aliphatic carbocycles. The summed E-state index contributed by atoms with van der Waals surface area (Å²) in [5.74, 6) is -1.01. The van der Waals surface area contributed by atoms with Gasteiger partial charge in [-0.25, -0.2) is 4.79 Å². The van der Waals surface area contributed by atoms with Gasteiger partial charge in [0.25, 0.3) is 0 Å². The first kappa shape index (κ1) is 10.4. The number of halogens is 1. The fraction of sp³-hybridized carbons (Fsp3) is 0.222. The van der Waals surface area contributed by atoms with Crippen molar-refractivity contribution in [2.45, 2.75) is 16.5 Å². The number of alkyl halides is 1. The van der Waals surface area contributed by atoms with Crippen molar-refractivity contribution in [3.05, 3.63) is 29.8 Å². The summed E-state index contributed by atoms with van der Waals surface area (Å²) in [6.45, 7) is 1.98. The molecule has 4 heteroatoms. The lowest BCUT2D eigenvalue weighted by Gasteiger charge is -2.03. The van der Waals surface area contributed by atoms with Crippen molar-refractivity contribution >= 4 is 29.3 Å². The zero-order chi connectivity index (χ0) is 9.84. The van der Waals surface area contributed by atoms with Crippen LogP contribution in [0.5, 0.6) is 0 Å². The fourth-order valence-electron chi connectivity index (χ4n) is 0.787. The Morgan fingerprint density at radius 2 is 2.00 bits per heavy atom. The first-order valence-electron chi connectivity index (χ1n) is 3.70. The predicted molar refractivity (Wildman–Crippen MR) is 54.3 cm³/mol. The minimum atomic E-state index is -1.01. The van der Waals surface area contributed by atoms with Gasteiger partial charge in [0.1, 0.15) is 0 Å². The van der Waals surface area contributed by atoms with E-state index in [1.54, 1.807) is 0 Å². The molecule has 13 heavy (non-hydrogen) atoms. The predicted octanol–water partition coefficient (Wildman–Crippen LogP) is 2.74. The highest BCUT2D eigenvalue weighted by molar-refractivity contribution is 8.01. The number of benzene rings is 1. The highest BCUT2D eigenvalue weighted by Gasteiger charge is 2.14. The van der Waals surface area contributed by atoms with E-state index in [2.05, 4.69) is 0 Å². The van der Waals surface area contributed by atoms with Crippen LogP contribution in [-0.2, 0) is 4.79 Å². The van der Waals surface area contributed by atoms with Crippen molar-refractivity contribution < 1.29 is 9.90 Å². The molecule has 1 unspecified atom stereocenters. The van der Waals surface area contributed by atoms with Crippen LogP contribution in [0, 0.1) is 6.92 Å². The second kappa shape index (κ2) is 4.53. The maximum Gasteiger partial charge on any atom is 0.332 e. The Kier molecular flexibility index (Phi) is 3.63. The lowest BCUT2D eigenvalue weighted by atomic mass is 10.2. The van der Waals surface area contributed by atoms with Gasteiger partial charge in [-0.05, 0) is 19.1 Å².